The van der Waals surface area contributed by atoms with Crippen molar-refractivity contribution in [3.8, 4) is 0 Å². The molecule has 9 N–H and O–H groups in total. The number of rotatable bonds is 9. The molecule has 0 radical (unpaired) electrons. The van der Waals surface area contributed by atoms with Gasteiger partial charge in [-0.05, 0) is 61.8 Å². The maximum Gasteiger partial charge on any atom is 0.516 e. The summed E-state index contributed by atoms with van der Waals surface area (Å²) in [4.78, 5) is 63.4. The summed E-state index contributed by atoms with van der Waals surface area (Å²) >= 11 is 0. The first-order valence-electron chi connectivity index (χ1n) is 23.8. The van der Waals surface area contributed by atoms with Crippen LogP contribution in [-0.2, 0) is 33.3 Å². The molecule has 0 aliphatic carbocycles. The zero-order chi connectivity index (χ0) is 51.8. The number of carboxylic acids is 1. The van der Waals surface area contributed by atoms with E-state index in [0.717, 1.165) is 0 Å². The quantitative estimate of drug-likeness (QED) is 0.0629. The number of benzene rings is 1. The molecule has 2 bridgehead atoms. The number of anilines is 1. The second-order valence-corrected chi connectivity index (χ2v) is 18.3. The number of carbonyl (C=O) groups is 5. The second kappa shape index (κ2) is 30.4. The lowest BCUT2D eigenvalue weighted by molar-refractivity contribution is -0.300. The van der Waals surface area contributed by atoms with E-state index in [1.807, 2.05) is 38.2 Å². The predicted octanol–water partition coefficient (Wildman–Crippen LogP) is 5.78. The van der Waals surface area contributed by atoms with E-state index in [1.54, 1.807) is 91.9 Å². The van der Waals surface area contributed by atoms with E-state index in [2.05, 4.69) is 0 Å². The van der Waals surface area contributed by atoms with Gasteiger partial charge in [0.1, 0.15) is 17.8 Å². The zero-order valence-electron chi connectivity index (χ0n) is 40.5. The fourth-order valence-corrected chi connectivity index (χ4v) is 8.55. The Hall–Kier alpha value is -5.37. The molecule has 2 aliphatic heterocycles. The molecule has 386 valence electrons. The number of aliphatic hydroxyl groups excluding tert-OH is 5. The number of ketones is 2. The number of carbonyl (C=O) groups excluding carboxylic acids is 4. The number of aliphatic hydroxyl groups is 6. The Labute approximate surface area is 410 Å². The molecule has 13 unspecified atom stereocenters. The summed E-state index contributed by atoms with van der Waals surface area (Å²) in [5.41, 5.74) is 6.67. The number of cyclic esters (lactones) is 3. The van der Waals surface area contributed by atoms with Gasteiger partial charge in [-0.3, -0.25) is 19.2 Å². The highest BCUT2D eigenvalue weighted by Gasteiger charge is 2.50. The average Bonchev–Trinajstić information content (AvgIpc) is 3.26. The van der Waals surface area contributed by atoms with E-state index in [-0.39, 0.29) is 63.1 Å². The van der Waals surface area contributed by atoms with Crippen LogP contribution in [-0.4, -0.2) is 127 Å². The van der Waals surface area contributed by atoms with Gasteiger partial charge in [-0.15, -0.1) is 0 Å². The Kier molecular flexibility index (Phi) is 25.6. The van der Waals surface area contributed by atoms with Gasteiger partial charge in [0, 0.05) is 69.2 Å². The van der Waals surface area contributed by atoms with Crippen molar-refractivity contribution in [3.63, 3.8) is 0 Å². The van der Waals surface area contributed by atoms with Crippen molar-refractivity contribution in [2.45, 2.75) is 146 Å². The highest BCUT2D eigenvalue weighted by Crippen LogP contribution is 2.37. The summed E-state index contributed by atoms with van der Waals surface area (Å²) in [6.07, 6.45) is 11.7. The summed E-state index contributed by atoms with van der Waals surface area (Å²) in [6, 6.07) is 6.41. The number of aliphatic carboxylic acids is 1. The lowest BCUT2D eigenvalue weighted by Crippen LogP contribution is -2.56. The fourth-order valence-electron chi connectivity index (χ4n) is 8.55. The van der Waals surface area contributed by atoms with Crippen molar-refractivity contribution >= 4 is 35.3 Å². The number of carboxylic acid groups (broad SMARTS) is 1. The molecule has 17 heteroatoms. The molecule has 0 saturated carbocycles. The summed E-state index contributed by atoms with van der Waals surface area (Å²) in [5.74, 6) is -7.76. The van der Waals surface area contributed by atoms with E-state index in [9.17, 15) is 59.7 Å². The average molecular weight is 980 g/mol. The lowest BCUT2D eigenvalue weighted by Gasteiger charge is -2.44. The molecule has 17 nitrogen and oxygen atoms in total. The minimum atomic E-state index is -2.18. The number of fused-ring (bicyclic) bond motifs is 2. The monoisotopic (exact) mass is 979 g/mol. The first-order valence-corrected chi connectivity index (χ1v) is 23.8. The van der Waals surface area contributed by atoms with E-state index < -0.39 is 109 Å². The highest BCUT2D eigenvalue weighted by molar-refractivity contribution is 5.96. The van der Waals surface area contributed by atoms with Gasteiger partial charge in [0.25, 0.3) is 0 Å². The molecule has 1 aromatic carbocycles. The Bertz CT molecular complexity index is 2040. The van der Waals surface area contributed by atoms with Gasteiger partial charge in [0.2, 0.25) is 0 Å². The summed E-state index contributed by atoms with van der Waals surface area (Å²) in [5, 5.41) is 75.1. The van der Waals surface area contributed by atoms with Crippen LogP contribution >= 0.6 is 0 Å². The van der Waals surface area contributed by atoms with Crippen LogP contribution in [0.2, 0.25) is 0 Å². The molecule has 0 amide bonds. The fraction of sp³-hybridized carbons (Fsp3) is 0.528. The molecule has 70 heavy (non-hydrogen) atoms. The Morgan fingerprint density at radius 1 is 0.800 bits per heavy atom. The second-order valence-electron chi connectivity index (χ2n) is 18.3. The van der Waals surface area contributed by atoms with Crippen LogP contribution in [0, 0.1) is 23.7 Å². The maximum atomic E-state index is 13.0. The minimum Gasteiger partial charge on any atom is -0.481 e. The number of hydrogen-bond acceptors (Lipinski definition) is 16. The van der Waals surface area contributed by atoms with Crippen molar-refractivity contribution in [1.82, 2.24) is 0 Å². The number of nitrogen functional groups attached to an aromatic ring is 1. The third-order valence-corrected chi connectivity index (χ3v) is 12.2. The van der Waals surface area contributed by atoms with Crippen molar-refractivity contribution in [2.24, 2.45) is 23.7 Å². The maximum absolute atomic E-state index is 13.0. The van der Waals surface area contributed by atoms with Crippen LogP contribution < -0.4 is 5.73 Å². The van der Waals surface area contributed by atoms with Gasteiger partial charge >= 0.3 is 18.1 Å². The molecule has 3 rings (SSSR count). The number of hydrogen-bond donors (Lipinski definition) is 8. The summed E-state index contributed by atoms with van der Waals surface area (Å²) in [7, 11) is 1.41. The first kappa shape index (κ1) is 58.9. The van der Waals surface area contributed by atoms with Crippen LogP contribution in [0.5, 0.6) is 0 Å². The van der Waals surface area contributed by atoms with Crippen molar-refractivity contribution < 1.29 is 78.7 Å². The van der Waals surface area contributed by atoms with Crippen LogP contribution in [0.4, 0.5) is 10.5 Å². The van der Waals surface area contributed by atoms with Crippen molar-refractivity contribution in [1.29, 1.82) is 0 Å². The number of Topliss-reactive ketones (excluding diaryl/α,β-unsaturated/α-hetero) is 2. The molecule has 2 heterocycles. The van der Waals surface area contributed by atoms with Gasteiger partial charge in [-0.2, -0.15) is 0 Å². The molecule has 13 atom stereocenters. The Morgan fingerprint density at radius 3 is 1.96 bits per heavy atom. The number of methoxy groups -OCH3 is 1. The Balaban J connectivity index is 1.76. The van der Waals surface area contributed by atoms with Crippen LogP contribution in [0.15, 0.2) is 109 Å². The first-order chi connectivity index (χ1) is 33.2. The van der Waals surface area contributed by atoms with Crippen LogP contribution in [0.3, 0.4) is 0 Å². The third-order valence-electron chi connectivity index (χ3n) is 12.2. The number of esters is 1. The molecular weight excluding hydrogens is 907 g/mol. The van der Waals surface area contributed by atoms with Crippen molar-refractivity contribution in [3.05, 3.63) is 115 Å². The predicted molar refractivity (Wildman–Crippen MR) is 261 cm³/mol. The number of ether oxygens (including phenoxy) is 4. The van der Waals surface area contributed by atoms with Gasteiger partial charge in [-0.25, -0.2) is 4.79 Å². The van der Waals surface area contributed by atoms with E-state index >= 15 is 0 Å². The molecule has 1 aromatic rings. The van der Waals surface area contributed by atoms with Gasteiger partial charge < -0.3 is 60.4 Å². The molecular formula is C53H73NO16. The van der Waals surface area contributed by atoms with Gasteiger partial charge in [0.05, 0.1) is 42.7 Å². The van der Waals surface area contributed by atoms with Gasteiger partial charge in [-0.1, -0.05) is 106 Å². The van der Waals surface area contributed by atoms with E-state index in [0.29, 0.717) is 17.7 Å². The lowest BCUT2D eigenvalue weighted by atomic mass is 9.83. The topological polar surface area (TPSA) is 290 Å². The molecule has 1 saturated heterocycles. The van der Waals surface area contributed by atoms with Crippen LogP contribution in [0.1, 0.15) is 102 Å². The van der Waals surface area contributed by atoms with Gasteiger partial charge in [0.15, 0.2) is 11.6 Å². The highest BCUT2D eigenvalue weighted by atomic mass is 16.7. The minimum absolute atomic E-state index is 0.0255. The van der Waals surface area contributed by atoms with Crippen LogP contribution in [0.25, 0.3) is 0 Å². The SMILES string of the molecule is COC1/C=C/C=C/C=C/C=C/C=C/C=C/C=C/C(C)C(C(C)CC(C)C(O)CC(=O)c2ccc(N)cc2)OC(=O)OC(=O)CCCC(=O)CC(O)CC(O)CC(O)CC2(O)CC(O)C(C(=O)O)C(C1)O2. The number of nitrogens with two attached hydrogens (primary N) is 1. The van der Waals surface area contributed by atoms with E-state index in [4.69, 9.17) is 24.7 Å². The Morgan fingerprint density at radius 2 is 1.37 bits per heavy atom. The zero-order valence-corrected chi connectivity index (χ0v) is 40.5. The third kappa shape index (κ3) is 21.7. The largest absolute Gasteiger partial charge is 0.516 e. The number of allylic oxidation sites excluding steroid dienone is 12. The smallest absolute Gasteiger partial charge is 0.481 e. The molecule has 2 aliphatic rings. The normalized spacial score (nSPS) is 33.4. The van der Waals surface area contributed by atoms with E-state index in [1.165, 1.54) is 7.11 Å². The van der Waals surface area contributed by atoms with Crippen molar-refractivity contribution in [2.75, 3.05) is 12.8 Å². The standard InChI is InChI=1S/C53H73NO16/c1-34-18-15-13-11-9-7-5-6-8-10-12-14-16-20-43(67-4)30-47-49(51(63)64)46(61)33-53(66,70-47)32-42(58)29-41(57)28-40(56)27-39(55)19-17-21-48(62)68-52(65)69-50(34)36(3)26-35(2)44(59)31-45(60)37-22-24-38(54)25-23-37/h5-16,18,20,22-25,34-36,40-44,46-47,49-50,56-59,61,66H,17,19,21,26-33,54H2,1-4H3,(H,63,64)/b6-5+,9-7+,10-8+,13-11+,14-12+,18-15+,20-16+. The molecule has 1 fully saturated rings. The summed E-state index contributed by atoms with van der Waals surface area (Å²) < 4.78 is 22.0. The summed E-state index contributed by atoms with van der Waals surface area (Å²) in [6.45, 7) is 5.44. The molecule has 0 aromatic heterocycles. The molecule has 0 spiro atoms.